The van der Waals surface area contributed by atoms with Gasteiger partial charge in [0.25, 0.3) is 0 Å². The maximum Gasteiger partial charge on any atom is 0.165 e. The largest absolute Gasteiger partial charge is 0.492 e. The van der Waals surface area contributed by atoms with Crippen LogP contribution in [-0.2, 0) is 12.0 Å². The molecule has 0 N–H and O–H groups in total. The van der Waals surface area contributed by atoms with Crippen molar-refractivity contribution in [3.05, 3.63) is 82.1 Å². The first kappa shape index (κ1) is 17.9. The molecule has 1 unspecified atom stereocenters. The molecule has 0 radical (unpaired) electrons. The molecule has 4 nitrogen and oxygen atoms in total. The minimum Gasteiger partial charge on any atom is -0.492 e. The smallest absolute Gasteiger partial charge is 0.165 e. The van der Waals surface area contributed by atoms with Crippen molar-refractivity contribution in [3.63, 3.8) is 0 Å². The summed E-state index contributed by atoms with van der Waals surface area (Å²) in [6.45, 7) is 2.98. The van der Waals surface area contributed by atoms with Crippen LogP contribution in [-0.4, -0.2) is 26.4 Å². The number of ether oxygens (including phenoxy) is 3. The number of benzene rings is 3. The summed E-state index contributed by atoms with van der Waals surface area (Å²) < 4.78 is 31.2. The average molecular weight is 424 g/mol. The number of halogens is 2. The molecule has 6 heteroatoms. The Morgan fingerprint density at radius 1 is 0.900 bits per heavy atom. The first-order valence-corrected chi connectivity index (χ1v) is 10.4. The molecule has 0 fully saturated rings. The Balaban J connectivity index is 1.43. The van der Waals surface area contributed by atoms with Crippen molar-refractivity contribution in [2.75, 3.05) is 31.3 Å². The topological polar surface area (TPSA) is 30.9 Å². The minimum absolute atomic E-state index is 0.297. The van der Waals surface area contributed by atoms with Crippen LogP contribution in [0, 0.1) is 5.82 Å². The number of hydrogen-bond donors (Lipinski definition) is 0. The summed E-state index contributed by atoms with van der Waals surface area (Å²) in [4.78, 5) is 2.30. The van der Waals surface area contributed by atoms with Crippen LogP contribution in [0.3, 0.4) is 0 Å². The molecule has 0 saturated heterocycles. The van der Waals surface area contributed by atoms with Gasteiger partial charge in [-0.25, -0.2) is 4.39 Å². The van der Waals surface area contributed by atoms with Crippen LogP contribution in [0.1, 0.15) is 16.7 Å². The Bertz CT molecular complexity index is 1170. The molecule has 6 rings (SSSR count). The molecule has 0 bridgehead atoms. The van der Waals surface area contributed by atoms with Crippen molar-refractivity contribution >= 4 is 17.3 Å². The van der Waals surface area contributed by atoms with E-state index in [0.717, 1.165) is 40.6 Å². The van der Waals surface area contributed by atoms with Crippen LogP contribution in [0.4, 0.5) is 10.1 Å². The Kier molecular flexibility index (Phi) is 3.90. The zero-order valence-corrected chi connectivity index (χ0v) is 16.9. The number of fused-ring (bicyclic) bond motifs is 5. The number of anilines is 1. The molecule has 0 aliphatic carbocycles. The van der Waals surface area contributed by atoms with Crippen LogP contribution < -0.4 is 19.1 Å². The third-order valence-corrected chi connectivity index (χ3v) is 6.58. The van der Waals surface area contributed by atoms with E-state index in [1.165, 1.54) is 17.7 Å². The lowest BCUT2D eigenvalue weighted by Gasteiger charge is -2.26. The maximum atomic E-state index is 13.5. The Hall–Kier alpha value is -2.92. The second kappa shape index (κ2) is 6.54. The van der Waals surface area contributed by atoms with Gasteiger partial charge < -0.3 is 19.1 Å². The van der Waals surface area contributed by atoms with Crippen molar-refractivity contribution in [3.8, 4) is 17.2 Å². The first-order valence-electron chi connectivity index (χ1n) is 9.99. The van der Waals surface area contributed by atoms with E-state index >= 15 is 0 Å². The minimum atomic E-state index is -0.327. The highest BCUT2D eigenvalue weighted by Crippen LogP contribution is 2.54. The lowest BCUT2D eigenvalue weighted by Crippen LogP contribution is -2.36. The Morgan fingerprint density at radius 3 is 2.53 bits per heavy atom. The Morgan fingerprint density at radius 2 is 1.70 bits per heavy atom. The van der Waals surface area contributed by atoms with Gasteiger partial charge in [-0.1, -0.05) is 35.9 Å². The summed E-state index contributed by atoms with van der Waals surface area (Å²) in [5.41, 5.74) is 4.08. The summed E-state index contributed by atoms with van der Waals surface area (Å²) in [6.07, 6.45) is 0. The number of hydrogen-bond acceptors (Lipinski definition) is 4. The van der Waals surface area contributed by atoms with Crippen molar-refractivity contribution in [1.82, 2.24) is 0 Å². The van der Waals surface area contributed by atoms with Crippen LogP contribution in [0.25, 0.3) is 0 Å². The second-order valence-electron chi connectivity index (χ2n) is 7.97. The van der Waals surface area contributed by atoms with Crippen LogP contribution in [0.15, 0.2) is 54.6 Å². The van der Waals surface area contributed by atoms with Gasteiger partial charge in [-0.3, -0.25) is 0 Å². The predicted octanol–water partition coefficient (Wildman–Crippen LogP) is 4.95. The van der Waals surface area contributed by atoms with Gasteiger partial charge in [-0.2, -0.15) is 0 Å². The molecule has 0 aromatic heterocycles. The molecule has 0 amide bonds. The van der Waals surface area contributed by atoms with E-state index in [1.807, 2.05) is 12.1 Å². The standard InChI is InChI=1S/C24H19ClFNO3/c25-19-9-16(26)6-5-15(19)12-27-13-24(17-3-1-2-4-20(17)27)14-30-21-11-23-22(10-18(21)24)28-7-8-29-23/h1-6,9-11H,7-8,12-14H2. The number of para-hydroxylation sites is 1. The zero-order chi connectivity index (χ0) is 20.3. The van der Waals surface area contributed by atoms with E-state index in [1.54, 1.807) is 6.07 Å². The lowest BCUT2D eigenvalue weighted by atomic mass is 9.77. The molecule has 152 valence electrons. The van der Waals surface area contributed by atoms with E-state index in [4.69, 9.17) is 25.8 Å². The van der Waals surface area contributed by atoms with Crippen LogP contribution >= 0.6 is 11.6 Å². The second-order valence-corrected chi connectivity index (χ2v) is 8.38. The highest BCUT2D eigenvalue weighted by molar-refractivity contribution is 6.31. The fourth-order valence-electron chi connectivity index (χ4n) is 4.84. The van der Waals surface area contributed by atoms with E-state index in [-0.39, 0.29) is 11.2 Å². The zero-order valence-electron chi connectivity index (χ0n) is 16.2. The summed E-state index contributed by atoms with van der Waals surface area (Å²) in [7, 11) is 0. The van der Waals surface area contributed by atoms with E-state index in [9.17, 15) is 4.39 Å². The predicted molar refractivity (Wildman–Crippen MR) is 113 cm³/mol. The van der Waals surface area contributed by atoms with Gasteiger partial charge in [0.15, 0.2) is 11.5 Å². The Labute approximate surface area is 178 Å². The summed E-state index contributed by atoms with van der Waals surface area (Å²) in [5, 5.41) is 0.441. The third-order valence-electron chi connectivity index (χ3n) is 6.23. The van der Waals surface area contributed by atoms with Crippen LogP contribution in [0.2, 0.25) is 5.02 Å². The van der Waals surface area contributed by atoms with E-state index < -0.39 is 0 Å². The molecular formula is C24H19ClFNO3. The molecule has 1 spiro atoms. The van der Waals surface area contributed by atoms with Crippen molar-refractivity contribution in [2.45, 2.75) is 12.0 Å². The van der Waals surface area contributed by atoms with Crippen molar-refractivity contribution in [1.29, 1.82) is 0 Å². The fourth-order valence-corrected chi connectivity index (χ4v) is 5.07. The highest BCUT2D eigenvalue weighted by Gasteiger charge is 2.50. The normalized spacial score (nSPS) is 20.8. The van der Waals surface area contributed by atoms with Gasteiger partial charge in [0.1, 0.15) is 31.4 Å². The molecule has 3 aromatic carbocycles. The number of nitrogens with zero attached hydrogens (tertiary/aromatic N) is 1. The van der Waals surface area contributed by atoms with Gasteiger partial charge >= 0.3 is 0 Å². The first-order chi connectivity index (χ1) is 14.6. The molecular weight excluding hydrogens is 405 g/mol. The molecule has 0 saturated carbocycles. The van der Waals surface area contributed by atoms with E-state index in [0.29, 0.717) is 31.4 Å². The highest BCUT2D eigenvalue weighted by atomic mass is 35.5. The van der Waals surface area contributed by atoms with Crippen LogP contribution in [0.5, 0.6) is 17.2 Å². The summed E-state index contributed by atoms with van der Waals surface area (Å²) >= 11 is 6.32. The van der Waals surface area contributed by atoms with Crippen molar-refractivity contribution in [2.24, 2.45) is 0 Å². The lowest BCUT2D eigenvalue weighted by molar-refractivity contribution is 0.171. The van der Waals surface area contributed by atoms with Gasteiger partial charge in [0.05, 0.1) is 5.41 Å². The molecule has 3 heterocycles. The third kappa shape index (κ3) is 2.58. The molecule has 3 aliphatic rings. The monoisotopic (exact) mass is 423 g/mol. The molecule has 3 aromatic rings. The molecule has 1 atom stereocenters. The van der Waals surface area contributed by atoms with Gasteiger partial charge in [-0.05, 0) is 35.4 Å². The molecule has 30 heavy (non-hydrogen) atoms. The van der Waals surface area contributed by atoms with E-state index in [2.05, 4.69) is 29.2 Å². The van der Waals surface area contributed by atoms with Gasteiger partial charge in [0.2, 0.25) is 0 Å². The van der Waals surface area contributed by atoms with Gasteiger partial charge in [-0.15, -0.1) is 0 Å². The van der Waals surface area contributed by atoms with Crippen molar-refractivity contribution < 1.29 is 18.6 Å². The maximum absolute atomic E-state index is 13.5. The quantitative estimate of drug-likeness (QED) is 0.583. The summed E-state index contributed by atoms with van der Waals surface area (Å²) in [6, 6.07) is 17.0. The SMILES string of the molecule is Fc1ccc(CN2CC3(COc4cc5c(cc43)OCCO5)c3ccccc32)c(Cl)c1. The number of rotatable bonds is 2. The van der Waals surface area contributed by atoms with Gasteiger partial charge in [0, 0.05) is 35.4 Å². The fraction of sp³-hybridized carbons (Fsp3) is 0.250. The molecule has 3 aliphatic heterocycles. The average Bonchev–Trinajstić information content (AvgIpc) is 3.27. The summed E-state index contributed by atoms with van der Waals surface area (Å²) in [5.74, 6) is 2.02.